The molecule has 5 heteroatoms. The number of ketones is 1. The number of rotatable bonds is 7. The number of hydrogen-bond donors (Lipinski definition) is 0. The van der Waals surface area contributed by atoms with Gasteiger partial charge in [-0.05, 0) is 49.6 Å². The number of carbonyl (C=O) groups is 1. The molecule has 0 aromatic heterocycles. The summed E-state index contributed by atoms with van der Waals surface area (Å²) in [6.45, 7) is 7.25. The zero-order chi connectivity index (χ0) is 20.3. The molecule has 0 unspecified atom stereocenters. The van der Waals surface area contributed by atoms with E-state index in [9.17, 15) is 13.2 Å². The lowest BCUT2D eigenvalue weighted by Gasteiger charge is -2.19. The van der Waals surface area contributed by atoms with Gasteiger partial charge in [-0.25, -0.2) is 8.42 Å². The molecule has 1 aliphatic heterocycles. The van der Waals surface area contributed by atoms with Crippen LogP contribution in [0.3, 0.4) is 0 Å². The number of hydrogen-bond acceptors (Lipinski definition) is 4. The van der Waals surface area contributed by atoms with Crippen LogP contribution in [-0.2, 0) is 22.0 Å². The summed E-state index contributed by atoms with van der Waals surface area (Å²) in [7, 11) is -3.14. The van der Waals surface area contributed by atoms with Gasteiger partial charge in [0.15, 0.2) is 15.6 Å². The number of benzene rings is 2. The molecule has 1 aliphatic rings. The van der Waals surface area contributed by atoms with E-state index >= 15 is 0 Å². The van der Waals surface area contributed by atoms with E-state index in [0.29, 0.717) is 17.5 Å². The molecule has 0 bridgehead atoms. The fourth-order valence-electron chi connectivity index (χ4n) is 3.22. The Hall–Kier alpha value is -2.40. The Balaban J connectivity index is 1.67. The molecule has 28 heavy (non-hydrogen) atoms. The van der Waals surface area contributed by atoms with E-state index in [1.54, 1.807) is 38.1 Å². The van der Waals surface area contributed by atoms with Gasteiger partial charge in [-0.2, -0.15) is 0 Å². The standard InChI is InChI=1S/C23H27NO3S/c1-17(2)28(26,27)16-19-6-8-20(9-7-19)23(25)15-21-10-11-22(14-18(21)3)24-12-4-5-13-24/h4-11,14,17H,12-13,15-16H2,1-3H3. The Kier molecular flexibility index (Phi) is 6.04. The number of anilines is 1. The maximum atomic E-state index is 12.7. The first-order chi connectivity index (χ1) is 13.3. The Bertz CT molecular complexity index is 981. The van der Waals surface area contributed by atoms with Crippen LogP contribution >= 0.6 is 0 Å². The van der Waals surface area contributed by atoms with Gasteiger partial charge in [0.1, 0.15) is 0 Å². The summed E-state index contributed by atoms with van der Waals surface area (Å²) in [5.74, 6) is 0.0439. The smallest absolute Gasteiger partial charge is 0.167 e. The highest BCUT2D eigenvalue weighted by atomic mass is 32.2. The van der Waals surface area contributed by atoms with Gasteiger partial charge in [0.2, 0.25) is 0 Å². The molecule has 3 rings (SSSR count). The molecule has 4 nitrogen and oxygen atoms in total. The summed E-state index contributed by atoms with van der Waals surface area (Å²) in [4.78, 5) is 15.0. The minimum Gasteiger partial charge on any atom is -0.364 e. The molecule has 0 aliphatic carbocycles. The van der Waals surface area contributed by atoms with E-state index in [0.717, 1.165) is 24.2 Å². The van der Waals surface area contributed by atoms with Crippen LogP contribution in [0.1, 0.15) is 40.9 Å². The molecular weight excluding hydrogens is 370 g/mol. The summed E-state index contributed by atoms with van der Waals surface area (Å²) in [6, 6.07) is 13.2. The van der Waals surface area contributed by atoms with E-state index < -0.39 is 15.1 Å². The van der Waals surface area contributed by atoms with Gasteiger partial charge in [0.25, 0.3) is 0 Å². The molecule has 0 atom stereocenters. The van der Waals surface area contributed by atoms with Crippen LogP contribution in [0.2, 0.25) is 0 Å². The first-order valence-electron chi connectivity index (χ1n) is 9.59. The highest BCUT2D eigenvalue weighted by molar-refractivity contribution is 7.91. The number of Topliss-reactive ketones (excluding diaryl/α,β-unsaturated/α-hetero) is 1. The Morgan fingerprint density at radius 3 is 2.25 bits per heavy atom. The molecule has 0 spiro atoms. The topological polar surface area (TPSA) is 54.5 Å². The second kappa shape index (κ2) is 8.31. The van der Waals surface area contributed by atoms with Gasteiger partial charge < -0.3 is 4.90 Å². The Labute approximate surface area is 167 Å². The number of aryl methyl sites for hydroxylation is 1. The maximum absolute atomic E-state index is 12.7. The summed E-state index contributed by atoms with van der Waals surface area (Å²) in [5, 5.41) is -0.406. The number of sulfone groups is 1. The van der Waals surface area contributed by atoms with Crippen LogP contribution in [0.4, 0.5) is 5.69 Å². The van der Waals surface area contributed by atoms with E-state index in [2.05, 4.69) is 29.2 Å². The van der Waals surface area contributed by atoms with Crippen molar-refractivity contribution in [3.05, 3.63) is 76.9 Å². The first-order valence-corrected chi connectivity index (χ1v) is 11.3. The molecule has 2 aromatic carbocycles. The van der Waals surface area contributed by atoms with E-state index in [1.165, 1.54) is 5.69 Å². The Morgan fingerprint density at radius 2 is 1.68 bits per heavy atom. The molecule has 148 valence electrons. The van der Waals surface area contributed by atoms with Crippen molar-refractivity contribution in [3.8, 4) is 0 Å². The highest BCUT2D eigenvalue weighted by Crippen LogP contribution is 2.22. The van der Waals surface area contributed by atoms with Crippen molar-refractivity contribution in [1.29, 1.82) is 0 Å². The monoisotopic (exact) mass is 397 g/mol. The Morgan fingerprint density at radius 1 is 1.04 bits per heavy atom. The molecular formula is C23H27NO3S. The highest BCUT2D eigenvalue weighted by Gasteiger charge is 2.17. The number of nitrogens with zero attached hydrogens (tertiary/aromatic N) is 1. The predicted molar refractivity (Wildman–Crippen MR) is 115 cm³/mol. The fourth-order valence-corrected chi connectivity index (χ4v) is 4.22. The zero-order valence-corrected chi connectivity index (χ0v) is 17.5. The molecule has 0 saturated heterocycles. The average molecular weight is 398 g/mol. The summed E-state index contributed by atoms with van der Waals surface area (Å²) < 4.78 is 24.1. The molecule has 0 fully saturated rings. The van der Waals surface area contributed by atoms with Crippen molar-refractivity contribution >= 4 is 21.3 Å². The molecule has 0 N–H and O–H groups in total. The minimum absolute atomic E-state index is 0.00502. The quantitative estimate of drug-likeness (QED) is 0.521. The van der Waals surface area contributed by atoms with Crippen LogP contribution in [-0.4, -0.2) is 32.5 Å². The van der Waals surface area contributed by atoms with Gasteiger partial charge in [-0.3, -0.25) is 4.79 Å². The lowest BCUT2D eigenvalue weighted by atomic mass is 9.98. The summed E-state index contributed by atoms with van der Waals surface area (Å²) in [6.07, 6.45) is 4.65. The zero-order valence-electron chi connectivity index (χ0n) is 16.7. The van der Waals surface area contributed by atoms with Crippen molar-refractivity contribution in [2.24, 2.45) is 0 Å². The average Bonchev–Trinajstić information content (AvgIpc) is 3.18. The number of carbonyl (C=O) groups excluding carboxylic acids is 1. The molecule has 0 radical (unpaired) electrons. The predicted octanol–water partition coefficient (Wildman–Crippen LogP) is 4.12. The molecule has 0 saturated carbocycles. The normalized spacial score (nSPS) is 14.1. The molecule has 0 amide bonds. The van der Waals surface area contributed by atoms with Crippen LogP contribution in [0.15, 0.2) is 54.6 Å². The van der Waals surface area contributed by atoms with E-state index in [-0.39, 0.29) is 11.5 Å². The van der Waals surface area contributed by atoms with Crippen molar-refractivity contribution in [1.82, 2.24) is 0 Å². The van der Waals surface area contributed by atoms with Gasteiger partial charge in [-0.1, -0.05) is 42.5 Å². The van der Waals surface area contributed by atoms with Crippen LogP contribution in [0, 0.1) is 6.92 Å². The molecule has 2 aromatic rings. The van der Waals surface area contributed by atoms with Crippen LogP contribution < -0.4 is 4.90 Å². The van der Waals surface area contributed by atoms with Crippen molar-refractivity contribution in [2.45, 2.75) is 38.2 Å². The fraction of sp³-hybridized carbons (Fsp3) is 0.348. The summed E-state index contributed by atoms with van der Waals surface area (Å²) >= 11 is 0. The maximum Gasteiger partial charge on any atom is 0.167 e. The van der Waals surface area contributed by atoms with Gasteiger partial charge in [0.05, 0.1) is 11.0 Å². The van der Waals surface area contributed by atoms with Crippen LogP contribution in [0.5, 0.6) is 0 Å². The van der Waals surface area contributed by atoms with E-state index in [4.69, 9.17) is 0 Å². The first kappa shape index (κ1) is 20.3. The van der Waals surface area contributed by atoms with Gasteiger partial charge in [-0.15, -0.1) is 0 Å². The van der Waals surface area contributed by atoms with Gasteiger partial charge in [0, 0.05) is 30.8 Å². The summed E-state index contributed by atoms with van der Waals surface area (Å²) in [5.41, 5.74) is 4.63. The van der Waals surface area contributed by atoms with Crippen molar-refractivity contribution in [3.63, 3.8) is 0 Å². The van der Waals surface area contributed by atoms with Crippen molar-refractivity contribution in [2.75, 3.05) is 18.0 Å². The lowest BCUT2D eigenvalue weighted by molar-refractivity contribution is 0.0992. The largest absolute Gasteiger partial charge is 0.364 e. The van der Waals surface area contributed by atoms with E-state index in [1.807, 2.05) is 13.0 Å². The minimum atomic E-state index is -3.14. The third-order valence-corrected chi connectivity index (χ3v) is 7.39. The third kappa shape index (κ3) is 4.71. The third-order valence-electron chi connectivity index (χ3n) is 5.22. The molecule has 1 heterocycles. The SMILES string of the molecule is Cc1cc(N2CC=CC2)ccc1CC(=O)c1ccc(CS(=O)(=O)C(C)C)cc1. The second-order valence-electron chi connectivity index (χ2n) is 7.64. The van der Waals surface area contributed by atoms with Crippen molar-refractivity contribution < 1.29 is 13.2 Å². The van der Waals surface area contributed by atoms with Crippen LogP contribution in [0.25, 0.3) is 0 Å². The second-order valence-corrected chi connectivity index (χ2v) is 10.2. The lowest BCUT2D eigenvalue weighted by Crippen LogP contribution is -2.18. The van der Waals surface area contributed by atoms with Gasteiger partial charge >= 0.3 is 0 Å².